The topological polar surface area (TPSA) is 56.8 Å². The summed E-state index contributed by atoms with van der Waals surface area (Å²) in [5, 5.41) is 2.89. The average molecular weight is 377 g/mol. The van der Waals surface area contributed by atoms with Crippen molar-refractivity contribution in [1.82, 2.24) is 0 Å². The molecule has 0 aromatic heterocycles. The van der Waals surface area contributed by atoms with Crippen LogP contribution in [0.3, 0.4) is 0 Å². The molecule has 0 spiro atoms. The highest BCUT2D eigenvalue weighted by molar-refractivity contribution is 6.04. The molecular weight excluding hydrogens is 354 g/mol. The molecule has 0 aliphatic rings. The molecular formula is C23H23NO4. The van der Waals surface area contributed by atoms with Crippen molar-refractivity contribution in [2.75, 3.05) is 19.0 Å². The molecule has 0 bridgehead atoms. The number of hydrogen-bond donors (Lipinski definition) is 1. The number of anilines is 1. The van der Waals surface area contributed by atoms with Crippen molar-refractivity contribution in [3.8, 4) is 17.2 Å². The number of amides is 1. The zero-order valence-electron chi connectivity index (χ0n) is 16.0. The van der Waals surface area contributed by atoms with Crippen LogP contribution in [0.1, 0.15) is 22.8 Å². The molecule has 0 radical (unpaired) electrons. The summed E-state index contributed by atoms with van der Waals surface area (Å²) >= 11 is 0. The van der Waals surface area contributed by atoms with E-state index >= 15 is 0 Å². The molecule has 0 saturated heterocycles. The first-order valence-electron chi connectivity index (χ1n) is 9.09. The Bertz CT molecular complexity index is 925. The van der Waals surface area contributed by atoms with E-state index in [0.29, 0.717) is 29.4 Å². The molecule has 1 amide bonds. The predicted molar refractivity (Wildman–Crippen MR) is 109 cm³/mol. The maximum absolute atomic E-state index is 12.6. The van der Waals surface area contributed by atoms with Crippen LogP contribution in [-0.4, -0.2) is 19.6 Å². The Balaban J connectivity index is 1.80. The zero-order chi connectivity index (χ0) is 19.8. The van der Waals surface area contributed by atoms with Gasteiger partial charge in [-0.05, 0) is 49.4 Å². The number of carbonyl (C=O) groups excluding carboxylic acids is 1. The van der Waals surface area contributed by atoms with E-state index in [0.717, 1.165) is 11.3 Å². The van der Waals surface area contributed by atoms with Gasteiger partial charge in [-0.3, -0.25) is 4.79 Å². The van der Waals surface area contributed by atoms with E-state index in [1.165, 1.54) is 0 Å². The smallest absolute Gasteiger partial charge is 0.255 e. The average Bonchev–Trinajstić information content (AvgIpc) is 2.74. The van der Waals surface area contributed by atoms with Crippen molar-refractivity contribution in [3.05, 3.63) is 83.9 Å². The van der Waals surface area contributed by atoms with Gasteiger partial charge in [0.05, 0.1) is 13.7 Å². The maximum atomic E-state index is 12.6. The minimum absolute atomic E-state index is 0.187. The van der Waals surface area contributed by atoms with Crippen LogP contribution in [0.4, 0.5) is 5.69 Å². The second-order valence-electron chi connectivity index (χ2n) is 6.02. The minimum atomic E-state index is -0.187. The molecule has 0 aliphatic carbocycles. The van der Waals surface area contributed by atoms with Gasteiger partial charge in [0, 0.05) is 16.8 Å². The molecule has 5 heteroatoms. The molecule has 5 nitrogen and oxygen atoms in total. The summed E-state index contributed by atoms with van der Waals surface area (Å²) in [6.45, 7) is 2.69. The highest BCUT2D eigenvalue weighted by Crippen LogP contribution is 2.29. The van der Waals surface area contributed by atoms with E-state index in [1.54, 1.807) is 25.3 Å². The molecule has 144 valence electrons. The zero-order valence-corrected chi connectivity index (χ0v) is 16.0. The van der Waals surface area contributed by atoms with Crippen LogP contribution in [0.2, 0.25) is 0 Å². The van der Waals surface area contributed by atoms with Gasteiger partial charge in [-0.15, -0.1) is 0 Å². The van der Waals surface area contributed by atoms with Gasteiger partial charge in [0.2, 0.25) is 0 Å². The molecule has 0 unspecified atom stereocenters. The lowest BCUT2D eigenvalue weighted by atomic mass is 10.1. The number of methoxy groups -OCH3 is 1. The van der Waals surface area contributed by atoms with Gasteiger partial charge >= 0.3 is 0 Å². The van der Waals surface area contributed by atoms with Crippen molar-refractivity contribution >= 4 is 11.6 Å². The Morgan fingerprint density at radius 1 is 0.857 bits per heavy atom. The molecule has 0 atom stereocenters. The van der Waals surface area contributed by atoms with Crippen molar-refractivity contribution in [2.24, 2.45) is 0 Å². The molecule has 3 aromatic rings. The first-order valence-corrected chi connectivity index (χ1v) is 9.09. The quantitative estimate of drug-likeness (QED) is 0.605. The number of hydrogen-bond acceptors (Lipinski definition) is 4. The second-order valence-corrected chi connectivity index (χ2v) is 6.02. The highest BCUT2D eigenvalue weighted by atomic mass is 16.5. The third kappa shape index (κ3) is 4.82. The lowest BCUT2D eigenvalue weighted by Gasteiger charge is -2.15. The number of benzene rings is 3. The van der Waals surface area contributed by atoms with Crippen LogP contribution in [0.5, 0.6) is 17.2 Å². The third-order valence-corrected chi connectivity index (χ3v) is 4.11. The van der Waals surface area contributed by atoms with Gasteiger partial charge in [0.1, 0.15) is 12.4 Å². The van der Waals surface area contributed by atoms with Gasteiger partial charge in [-0.2, -0.15) is 0 Å². The van der Waals surface area contributed by atoms with Crippen LogP contribution in [0.25, 0.3) is 0 Å². The van der Waals surface area contributed by atoms with Crippen LogP contribution >= 0.6 is 0 Å². The first kappa shape index (κ1) is 19.3. The number of carbonyl (C=O) groups is 1. The molecule has 3 aromatic carbocycles. The van der Waals surface area contributed by atoms with Crippen LogP contribution in [0, 0.1) is 0 Å². The largest absolute Gasteiger partial charge is 0.493 e. The van der Waals surface area contributed by atoms with E-state index < -0.39 is 0 Å². The third-order valence-electron chi connectivity index (χ3n) is 4.11. The van der Waals surface area contributed by atoms with Crippen molar-refractivity contribution in [1.29, 1.82) is 0 Å². The van der Waals surface area contributed by atoms with E-state index in [-0.39, 0.29) is 12.5 Å². The van der Waals surface area contributed by atoms with E-state index in [2.05, 4.69) is 5.32 Å². The van der Waals surface area contributed by atoms with E-state index in [1.807, 2.05) is 61.5 Å². The van der Waals surface area contributed by atoms with Crippen molar-refractivity contribution in [3.63, 3.8) is 0 Å². The minimum Gasteiger partial charge on any atom is -0.493 e. The Morgan fingerprint density at radius 2 is 1.57 bits per heavy atom. The SMILES string of the molecule is CCOc1ccc(C(=O)Nc2ccccc2)cc1COc1ccccc1OC. The summed E-state index contributed by atoms with van der Waals surface area (Å²) in [6.07, 6.45) is 0. The predicted octanol–water partition coefficient (Wildman–Crippen LogP) is 4.93. The van der Waals surface area contributed by atoms with E-state index in [9.17, 15) is 4.79 Å². The fourth-order valence-electron chi connectivity index (χ4n) is 2.75. The number of ether oxygens (including phenoxy) is 3. The fraction of sp³-hybridized carbons (Fsp3) is 0.174. The fourth-order valence-corrected chi connectivity index (χ4v) is 2.75. The lowest BCUT2D eigenvalue weighted by molar-refractivity contribution is 0.102. The van der Waals surface area contributed by atoms with E-state index in [4.69, 9.17) is 14.2 Å². The number of nitrogens with one attached hydrogen (secondary N) is 1. The summed E-state index contributed by atoms with van der Waals surface area (Å²) < 4.78 is 16.9. The Kier molecular flexibility index (Phi) is 6.52. The summed E-state index contributed by atoms with van der Waals surface area (Å²) in [7, 11) is 1.60. The van der Waals surface area contributed by atoms with Gasteiger partial charge in [-0.1, -0.05) is 30.3 Å². The standard InChI is InChI=1S/C23H23NO4/c1-3-27-20-14-13-17(23(25)24-19-9-5-4-6-10-19)15-18(20)16-28-22-12-8-7-11-21(22)26-2/h4-15H,3,16H2,1-2H3,(H,24,25). The first-order chi connectivity index (χ1) is 13.7. The molecule has 1 N–H and O–H groups in total. The molecule has 0 heterocycles. The number of rotatable bonds is 8. The molecule has 3 rings (SSSR count). The van der Waals surface area contributed by atoms with Crippen LogP contribution in [-0.2, 0) is 6.61 Å². The summed E-state index contributed by atoms with van der Waals surface area (Å²) in [5.41, 5.74) is 2.06. The van der Waals surface area contributed by atoms with Gasteiger partial charge in [-0.25, -0.2) is 0 Å². The highest BCUT2D eigenvalue weighted by Gasteiger charge is 2.12. The van der Waals surface area contributed by atoms with Gasteiger partial charge in [0.25, 0.3) is 5.91 Å². The van der Waals surface area contributed by atoms with Gasteiger partial charge in [0.15, 0.2) is 11.5 Å². The van der Waals surface area contributed by atoms with Crippen LogP contribution in [0.15, 0.2) is 72.8 Å². The van der Waals surface area contributed by atoms with Crippen molar-refractivity contribution in [2.45, 2.75) is 13.5 Å². The molecule has 0 fully saturated rings. The van der Waals surface area contributed by atoms with Crippen molar-refractivity contribution < 1.29 is 19.0 Å². The summed E-state index contributed by atoms with van der Waals surface area (Å²) in [4.78, 5) is 12.6. The van der Waals surface area contributed by atoms with Gasteiger partial charge < -0.3 is 19.5 Å². The number of para-hydroxylation sites is 3. The maximum Gasteiger partial charge on any atom is 0.255 e. The monoisotopic (exact) mass is 377 g/mol. The molecule has 28 heavy (non-hydrogen) atoms. The molecule has 0 aliphatic heterocycles. The Labute approximate surface area is 164 Å². The second kappa shape index (κ2) is 9.46. The lowest BCUT2D eigenvalue weighted by Crippen LogP contribution is -2.13. The Morgan fingerprint density at radius 3 is 2.29 bits per heavy atom. The normalized spacial score (nSPS) is 10.2. The summed E-state index contributed by atoms with van der Waals surface area (Å²) in [6, 6.07) is 22.1. The molecule has 0 saturated carbocycles. The Hall–Kier alpha value is -3.47. The summed E-state index contributed by atoms with van der Waals surface area (Å²) in [5.74, 6) is 1.78. The van der Waals surface area contributed by atoms with Crippen LogP contribution < -0.4 is 19.5 Å².